The van der Waals surface area contributed by atoms with E-state index in [9.17, 15) is 0 Å². The molecule has 0 fully saturated rings. The standard InChI is InChI=1S/C21H19NS/c1-14-8-4-5-12-18(14)22(3)19-13-7-11-17-16-10-6-9-15(2)20(16)23-21(17)19/h4-13H,1-3H3. The van der Waals surface area contributed by atoms with Crippen LogP contribution in [0.25, 0.3) is 20.2 Å². The van der Waals surface area contributed by atoms with Crippen LogP contribution < -0.4 is 4.90 Å². The van der Waals surface area contributed by atoms with Crippen LogP contribution in [0.3, 0.4) is 0 Å². The smallest absolute Gasteiger partial charge is 0.0592 e. The third-order valence-electron chi connectivity index (χ3n) is 4.54. The second-order valence-corrected chi connectivity index (χ2v) is 7.07. The van der Waals surface area contributed by atoms with Gasteiger partial charge in [-0.05, 0) is 37.1 Å². The fourth-order valence-corrected chi connectivity index (χ4v) is 4.60. The van der Waals surface area contributed by atoms with Crippen molar-refractivity contribution < 1.29 is 0 Å². The minimum Gasteiger partial charge on any atom is -0.343 e. The molecule has 0 saturated heterocycles. The Bertz CT molecular complexity index is 1010. The molecule has 1 aromatic heterocycles. The van der Waals surface area contributed by atoms with Crippen LogP contribution in [0.15, 0.2) is 60.7 Å². The van der Waals surface area contributed by atoms with Crippen LogP contribution in [0.1, 0.15) is 11.1 Å². The van der Waals surface area contributed by atoms with E-state index < -0.39 is 0 Å². The highest BCUT2D eigenvalue weighted by atomic mass is 32.1. The van der Waals surface area contributed by atoms with Gasteiger partial charge in [-0.25, -0.2) is 0 Å². The van der Waals surface area contributed by atoms with Crippen molar-refractivity contribution >= 4 is 42.9 Å². The summed E-state index contributed by atoms with van der Waals surface area (Å²) in [6.07, 6.45) is 0. The average molecular weight is 317 g/mol. The number of anilines is 2. The number of aryl methyl sites for hydroxylation is 2. The lowest BCUT2D eigenvalue weighted by Gasteiger charge is -2.22. The predicted octanol–water partition coefficient (Wildman–Crippen LogP) is 6.44. The van der Waals surface area contributed by atoms with Gasteiger partial charge < -0.3 is 4.90 Å². The molecule has 1 nitrogen and oxygen atoms in total. The molecule has 0 atom stereocenters. The molecular formula is C21H19NS. The second-order valence-electron chi connectivity index (χ2n) is 6.05. The maximum absolute atomic E-state index is 2.31. The highest BCUT2D eigenvalue weighted by Crippen LogP contribution is 2.42. The Morgan fingerprint density at radius 3 is 2.04 bits per heavy atom. The Hall–Kier alpha value is -2.32. The molecule has 4 rings (SSSR count). The minimum atomic E-state index is 1.26. The van der Waals surface area contributed by atoms with Crippen molar-refractivity contribution in [1.82, 2.24) is 0 Å². The Balaban J connectivity index is 1.99. The number of rotatable bonds is 2. The van der Waals surface area contributed by atoms with E-state index in [1.807, 2.05) is 11.3 Å². The van der Waals surface area contributed by atoms with Crippen LogP contribution in [0.4, 0.5) is 11.4 Å². The Morgan fingerprint density at radius 2 is 1.26 bits per heavy atom. The van der Waals surface area contributed by atoms with Crippen molar-refractivity contribution in [2.24, 2.45) is 0 Å². The van der Waals surface area contributed by atoms with Crippen molar-refractivity contribution in [1.29, 1.82) is 0 Å². The van der Waals surface area contributed by atoms with Gasteiger partial charge in [-0.1, -0.05) is 48.5 Å². The van der Waals surface area contributed by atoms with Crippen LogP contribution in [0, 0.1) is 13.8 Å². The van der Waals surface area contributed by atoms with E-state index in [1.54, 1.807) is 0 Å². The Morgan fingerprint density at radius 1 is 0.652 bits per heavy atom. The molecule has 0 radical (unpaired) electrons. The van der Waals surface area contributed by atoms with Gasteiger partial charge in [-0.15, -0.1) is 11.3 Å². The predicted molar refractivity (Wildman–Crippen MR) is 103 cm³/mol. The largest absolute Gasteiger partial charge is 0.343 e. The molecule has 0 spiro atoms. The van der Waals surface area contributed by atoms with Gasteiger partial charge in [-0.3, -0.25) is 0 Å². The van der Waals surface area contributed by atoms with Crippen molar-refractivity contribution in [3.63, 3.8) is 0 Å². The van der Waals surface area contributed by atoms with Gasteiger partial charge >= 0.3 is 0 Å². The molecule has 2 heteroatoms. The average Bonchev–Trinajstić information content (AvgIpc) is 2.95. The molecule has 0 saturated carbocycles. The van der Waals surface area contributed by atoms with Crippen LogP contribution in [0.2, 0.25) is 0 Å². The number of hydrogen-bond acceptors (Lipinski definition) is 2. The quantitative estimate of drug-likeness (QED) is 0.411. The van der Waals surface area contributed by atoms with Gasteiger partial charge in [0.25, 0.3) is 0 Å². The summed E-state index contributed by atoms with van der Waals surface area (Å²) < 4.78 is 2.76. The molecule has 4 aromatic rings. The van der Waals surface area contributed by atoms with Crippen LogP contribution >= 0.6 is 11.3 Å². The first-order valence-corrected chi connectivity index (χ1v) is 8.68. The highest BCUT2D eigenvalue weighted by Gasteiger charge is 2.14. The molecule has 0 bridgehead atoms. The summed E-state index contributed by atoms with van der Waals surface area (Å²) in [6, 6.07) is 21.8. The van der Waals surface area contributed by atoms with Crippen molar-refractivity contribution in [3.8, 4) is 0 Å². The van der Waals surface area contributed by atoms with E-state index in [2.05, 4.69) is 86.5 Å². The summed E-state index contributed by atoms with van der Waals surface area (Å²) in [6.45, 7) is 4.36. The monoisotopic (exact) mass is 317 g/mol. The fourth-order valence-electron chi connectivity index (χ4n) is 3.28. The van der Waals surface area contributed by atoms with E-state index in [0.717, 1.165) is 0 Å². The molecule has 114 valence electrons. The summed E-state index contributed by atoms with van der Waals surface area (Å²) in [5.74, 6) is 0. The highest BCUT2D eigenvalue weighted by molar-refractivity contribution is 7.26. The lowest BCUT2D eigenvalue weighted by molar-refractivity contribution is 1.20. The summed E-state index contributed by atoms with van der Waals surface area (Å²) in [5, 5.41) is 2.72. The van der Waals surface area contributed by atoms with Crippen LogP contribution in [0.5, 0.6) is 0 Å². The number of thiophene rings is 1. The number of hydrogen-bond donors (Lipinski definition) is 0. The molecule has 0 N–H and O–H groups in total. The number of fused-ring (bicyclic) bond motifs is 3. The van der Waals surface area contributed by atoms with Crippen molar-refractivity contribution in [2.75, 3.05) is 11.9 Å². The van der Waals surface area contributed by atoms with E-state index in [-0.39, 0.29) is 0 Å². The first-order valence-electron chi connectivity index (χ1n) is 7.87. The molecule has 0 unspecified atom stereocenters. The summed E-state index contributed by atoms with van der Waals surface area (Å²) in [5.41, 5.74) is 5.18. The molecule has 0 aliphatic carbocycles. The molecular weight excluding hydrogens is 298 g/mol. The normalized spacial score (nSPS) is 11.3. The van der Waals surface area contributed by atoms with Crippen LogP contribution in [-0.4, -0.2) is 7.05 Å². The minimum absolute atomic E-state index is 1.26. The zero-order valence-electron chi connectivity index (χ0n) is 13.6. The van der Waals surface area contributed by atoms with Crippen molar-refractivity contribution in [3.05, 3.63) is 71.8 Å². The van der Waals surface area contributed by atoms with Gasteiger partial charge in [0, 0.05) is 28.2 Å². The van der Waals surface area contributed by atoms with E-state index in [0.29, 0.717) is 0 Å². The molecule has 23 heavy (non-hydrogen) atoms. The Kier molecular flexibility index (Phi) is 3.35. The first kappa shape index (κ1) is 14.3. The number of para-hydroxylation sites is 1. The van der Waals surface area contributed by atoms with Crippen molar-refractivity contribution in [2.45, 2.75) is 13.8 Å². The number of nitrogens with zero attached hydrogens (tertiary/aromatic N) is 1. The lowest BCUT2D eigenvalue weighted by Crippen LogP contribution is -2.10. The molecule has 0 aliphatic rings. The third-order valence-corrected chi connectivity index (χ3v) is 5.92. The van der Waals surface area contributed by atoms with Crippen LogP contribution in [-0.2, 0) is 0 Å². The van der Waals surface area contributed by atoms with E-state index in [1.165, 1.54) is 42.7 Å². The molecule has 1 heterocycles. The van der Waals surface area contributed by atoms with E-state index >= 15 is 0 Å². The lowest BCUT2D eigenvalue weighted by atomic mass is 10.1. The van der Waals surface area contributed by atoms with Gasteiger partial charge in [0.15, 0.2) is 0 Å². The summed E-state index contributed by atoms with van der Waals surface area (Å²) >= 11 is 1.90. The molecule has 0 aliphatic heterocycles. The summed E-state index contributed by atoms with van der Waals surface area (Å²) in [4.78, 5) is 2.31. The third kappa shape index (κ3) is 2.22. The van der Waals surface area contributed by atoms with E-state index in [4.69, 9.17) is 0 Å². The molecule has 0 amide bonds. The first-order chi connectivity index (χ1) is 11.2. The number of benzene rings is 3. The van der Waals surface area contributed by atoms with Gasteiger partial charge in [0.1, 0.15) is 0 Å². The zero-order valence-corrected chi connectivity index (χ0v) is 14.4. The van der Waals surface area contributed by atoms with Gasteiger partial charge in [-0.2, -0.15) is 0 Å². The topological polar surface area (TPSA) is 3.24 Å². The van der Waals surface area contributed by atoms with Gasteiger partial charge in [0.2, 0.25) is 0 Å². The van der Waals surface area contributed by atoms with Gasteiger partial charge in [0.05, 0.1) is 10.4 Å². The second kappa shape index (κ2) is 5.39. The Labute approximate surface area is 140 Å². The maximum Gasteiger partial charge on any atom is 0.0592 e. The maximum atomic E-state index is 2.31. The SMILES string of the molecule is Cc1ccccc1N(C)c1cccc2c1sc1c(C)cccc12. The molecule has 3 aromatic carbocycles. The zero-order chi connectivity index (χ0) is 16.0. The summed E-state index contributed by atoms with van der Waals surface area (Å²) in [7, 11) is 2.16. The fraction of sp³-hybridized carbons (Fsp3) is 0.143.